The molecule has 10 heteroatoms. The van der Waals surface area contributed by atoms with Gasteiger partial charge in [-0.15, -0.1) is 0 Å². The molecular formula is C22H30N2O8. The Morgan fingerprint density at radius 3 is 2.59 bits per heavy atom. The molecule has 2 rings (SSSR count). The zero-order valence-electron chi connectivity index (χ0n) is 19.0. The molecule has 1 aromatic rings. The van der Waals surface area contributed by atoms with Gasteiger partial charge in [0.1, 0.15) is 24.2 Å². The van der Waals surface area contributed by atoms with Crippen molar-refractivity contribution in [2.24, 2.45) is 11.8 Å². The van der Waals surface area contributed by atoms with Gasteiger partial charge >= 0.3 is 17.9 Å². The van der Waals surface area contributed by atoms with Gasteiger partial charge in [-0.05, 0) is 26.3 Å². The molecule has 1 unspecified atom stereocenters. The lowest BCUT2D eigenvalue weighted by Crippen LogP contribution is -2.46. The topological polar surface area (TPSA) is 130 Å². The van der Waals surface area contributed by atoms with Crippen LogP contribution in [0.1, 0.15) is 51.5 Å². The summed E-state index contributed by atoms with van der Waals surface area (Å²) in [6.45, 7) is 8.38. The largest absolute Gasteiger partial charge is 0.494 e. The SMILES string of the molecule is CCOc1ccnc(C(=O)NC2COC(=O)[C@H](CC)[C@@H](OC(=O)C(C)C)[C@H](C)OC2=O)c1. The molecule has 0 aromatic carbocycles. The summed E-state index contributed by atoms with van der Waals surface area (Å²) in [5.74, 6) is -3.44. The van der Waals surface area contributed by atoms with E-state index in [0.717, 1.165) is 0 Å². The molecule has 1 N–H and O–H groups in total. The molecule has 4 atom stereocenters. The van der Waals surface area contributed by atoms with Crippen molar-refractivity contribution in [2.45, 2.75) is 59.3 Å². The molecule has 0 saturated carbocycles. The van der Waals surface area contributed by atoms with Crippen LogP contribution >= 0.6 is 0 Å². The number of carbonyl (C=O) groups is 4. The Kier molecular flexibility index (Phi) is 8.98. The molecule has 1 aliphatic heterocycles. The minimum absolute atomic E-state index is 0.0261. The highest BCUT2D eigenvalue weighted by Crippen LogP contribution is 2.23. The van der Waals surface area contributed by atoms with Crippen LogP contribution in [0.5, 0.6) is 5.75 Å². The van der Waals surface area contributed by atoms with Crippen molar-refractivity contribution >= 4 is 23.8 Å². The van der Waals surface area contributed by atoms with Crippen molar-refractivity contribution in [1.29, 1.82) is 0 Å². The fourth-order valence-corrected chi connectivity index (χ4v) is 3.11. The number of rotatable bonds is 7. The normalized spacial score (nSPS) is 23.8. The average Bonchev–Trinajstić information content (AvgIpc) is 2.79. The van der Waals surface area contributed by atoms with E-state index in [0.29, 0.717) is 18.8 Å². The summed E-state index contributed by atoms with van der Waals surface area (Å²) >= 11 is 0. The number of nitrogens with zero attached hydrogens (tertiary/aromatic N) is 1. The lowest BCUT2D eigenvalue weighted by molar-refractivity contribution is -0.176. The zero-order valence-corrected chi connectivity index (χ0v) is 19.0. The van der Waals surface area contributed by atoms with Gasteiger partial charge in [0.2, 0.25) is 0 Å². The summed E-state index contributed by atoms with van der Waals surface area (Å²) in [5.41, 5.74) is 0.0261. The Bertz CT molecular complexity index is 841. The number of aromatic nitrogens is 1. The molecule has 1 aromatic heterocycles. The fourth-order valence-electron chi connectivity index (χ4n) is 3.11. The first-order chi connectivity index (χ1) is 15.2. The van der Waals surface area contributed by atoms with Gasteiger partial charge in [0.05, 0.1) is 18.4 Å². The Labute approximate surface area is 186 Å². The van der Waals surface area contributed by atoms with Gasteiger partial charge in [-0.2, -0.15) is 0 Å². The van der Waals surface area contributed by atoms with E-state index in [1.165, 1.54) is 19.2 Å². The van der Waals surface area contributed by atoms with Crippen molar-refractivity contribution in [3.05, 3.63) is 24.0 Å². The monoisotopic (exact) mass is 450 g/mol. The van der Waals surface area contributed by atoms with Gasteiger partial charge in [-0.25, -0.2) is 4.79 Å². The number of pyridine rings is 1. The second-order valence-electron chi connectivity index (χ2n) is 7.68. The van der Waals surface area contributed by atoms with Crippen LogP contribution in [0.3, 0.4) is 0 Å². The van der Waals surface area contributed by atoms with Crippen molar-refractivity contribution in [3.63, 3.8) is 0 Å². The van der Waals surface area contributed by atoms with Gasteiger partial charge in [0.25, 0.3) is 5.91 Å². The summed E-state index contributed by atoms with van der Waals surface area (Å²) in [6.07, 6.45) is -0.227. The van der Waals surface area contributed by atoms with Crippen molar-refractivity contribution < 1.29 is 38.1 Å². The van der Waals surface area contributed by atoms with E-state index in [1.807, 2.05) is 0 Å². The van der Waals surface area contributed by atoms with Gasteiger partial charge < -0.3 is 24.3 Å². The Hall–Kier alpha value is -3.17. The van der Waals surface area contributed by atoms with Crippen LogP contribution in [0.4, 0.5) is 0 Å². The molecule has 1 saturated heterocycles. The van der Waals surface area contributed by atoms with Gasteiger partial charge in [-0.1, -0.05) is 20.8 Å². The second kappa shape index (κ2) is 11.4. The number of hydrogen-bond donors (Lipinski definition) is 1. The number of nitrogens with one attached hydrogen (secondary N) is 1. The maximum atomic E-state index is 12.7. The number of esters is 3. The molecule has 32 heavy (non-hydrogen) atoms. The summed E-state index contributed by atoms with van der Waals surface area (Å²) in [5, 5.41) is 2.48. The number of ether oxygens (including phenoxy) is 4. The number of amides is 1. The van der Waals surface area contributed by atoms with Crippen LogP contribution in [-0.4, -0.2) is 60.3 Å². The highest BCUT2D eigenvalue weighted by molar-refractivity contribution is 5.95. The molecular weight excluding hydrogens is 420 g/mol. The molecule has 0 aliphatic carbocycles. The van der Waals surface area contributed by atoms with E-state index in [1.54, 1.807) is 33.8 Å². The highest BCUT2D eigenvalue weighted by atomic mass is 16.6. The lowest BCUT2D eigenvalue weighted by Gasteiger charge is -2.29. The van der Waals surface area contributed by atoms with Gasteiger partial charge in [0, 0.05) is 12.3 Å². The first kappa shape index (κ1) is 25.1. The fraction of sp³-hybridized carbons (Fsp3) is 0.591. The van der Waals surface area contributed by atoms with E-state index in [2.05, 4.69) is 10.3 Å². The minimum atomic E-state index is -1.26. The molecule has 10 nitrogen and oxygen atoms in total. The quantitative estimate of drug-likeness (QED) is 0.487. The maximum Gasteiger partial charge on any atom is 0.332 e. The smallest absolute Gasteiger partial charge is 0.332 e. The summed E-state index contributed by atoms with van der Waals surface area (Å²) in [7, 11) is 0. The van der Waals surface area contributed by atoms with Crippen LogP contribution in [0.2, 0.25) is 0 Å². The predicted molar refractivity (Wildman–Crippen MR) is 112 cm³/mol. The minimum Gasteiger partial charge on any atom is -0.494 e. The summed E-state index contributed by atoms with van der Waals surface area (Å²) < 4.78 is 21.5. The second-order valence-corrected chi connectivity index (χ2v) is 7.68. The van der Waals surface area contributed by atoms with Crippen LogP contribution in [-0.2, 0) is 28.6 Å². The molecule has 1 aliphatic rings. The van der Waals surface area contributed by atoms with Crippen LogP contribution in [0, 0.1) is 11.8 Å². The first-order valence-corrected chi connectivity index (χ1v) is 10.6. The van der Waals surface area contributed by atoms with E-state index in [4.69, 9.17) is 18.9 Å². The Morgan fingerprint density at radius 2 is 1.97 bits per heavy atom. The van der Waals surface area contributed by atoms with Crippen LogP contribution in [0.15, 0.2) is 18.3 Å². The molecule has 1 fully saturated rings. The number of carbonyl (C=O) groups excluding carboxylic acids is 4. The Morgan fingerprint density at radius 1 is 1.25 bits per heavy atom. The zero-order chi connectivity index (χ0) is 23.8. The molecule has 0 spiro atoms. The van der Waals surface area contributed by atoms with E-state index >= 15 is 0 Å². The van der Waals surface area contributed by atoms with Crippen LogP contribution in [0.25, 0.3) is 0 Å². The van der Waals surface area contributed by atoms with Crippen molar-refractivity contribution in [3.8, 4) is 5.75 Å². The van der Waals surface area contributed by atoms with Gasteiger partial charge in [0.15, 0.2) is 12.1 Å². The summed E-state index contributed by atoms with van der Waals surface area (Å²) in [4.78, 5) is 54.1. The molecule has 0 bridgehead atoms. The first-order valence-electron chi connectivity index (χ1n) is 10.6. The third-order valence-electron chi connectivity index (χ3n) is 4.88. The van der Waals surface area contributed by atoms with E-state index < -0.39 is 60.5 Å². The molecule has 1 amide bonds. The van der Waals surface area contributed by atoms with Crippen molar-refractivity contribution in [1.82, 2.24) is 10.3 Å². The number of cyclic esters (lactones) is 2. The lowest BCUT2D eigenvalue weighted by atomic mass is 9.95. The standard InChI is InChI=1S/C22H30N2O8/c1-6-15-18(32-20(26)12(3)4)13(5)31-22(28)17(11-30-21(15)27)24-19(25)16-10-14(29-7-2)8-9-23-16/h8-10,12-13,15,17-18H,6-7,11H2,1-5H3,(H,24,25)/t13-,15+,17?,18-/m0/s1. The molecule has 2 heterocycles. The van der Waals surface area contributed by atoms with E-state index in [9.17, 15) is 19.2 Å². The van der Waals surface area contributed by atoms with Crippen LogP contribution < -0.4 is 10.1 Å². The van der Waals surface area contributed by atoms with Crippen molar-refractivity contribution in [2.75, 3.05) is 13.2 Å². The molecule has 176 valence electrons. The molecule has 0 radical (unpaired) electrons. The highest BCUT2D eigenvalue weighted by Gasteiger charge is 2.41. The third-order valence-corrected chi connectivity index (χ3v) is 4.88. The maximum absolute atomic E-state index is 12.7. The third kappa shape index (κ3) is 6.41. The van der Waals surface area contributed by atoms with Gasteiger partial charge in [-0.3, -0.25) is 19.4 Å². The summed E-state index contributed by atoms with van der Waals surface area (Å²) in [6, 6.07) is 1.77. The Balaban J connectivity index is 2.20. The van der Waals surface area contributed by atoms with E-state index in [-0.39, 0.29) is 5.69 Å². The number of hydrogen-bond acceptors (Lipinski definition) is 9. The average molecular weight is 450 g/mol. The predicted octanol–water partition coefficient (Wildman–Crippen LogP) is 1.66.